The highest BCUT2D eigenvalue weighted by atomic mass is 14.9. The van der Waals surface area contributed by atoms with Crippen LogP contribution in [0.25, 0.3) is 0 Å². The van der Waals surface area contributed by atoms with E-state index in [4.69, 9.17) is 0 Å². The second-order valence-corrected chi connectivity index (χ2v) is 6.30. The summed E-state index contributed by atoms with van der Waals surface area (Å²) in [6, 6.07) is 0. The van der Waals surface area contributed by atoms with Crippen molar-refractivity contribution in [2.24, 2.45) is 0 Å². The summed E-state index contributed by atoms with van der Waals surface area (Å²) in [7, 11) is 0. The minimum Gasteiger partial charge on any atom is -0.348 e. The average molecular weight is 274 g/mol. The molecule has 2 rings (SSSR count). The number of aromatic amines is 2. The predicted molar refractivity (Wildman–Crippen MR) is 82.2 cm³/mol. The number of hydrogen-bond acceptors (Lipinski definition) is 2. The molecule has 0 fully saturated rings. The van der Waals surface area contributed by atoms with Crippen LogP contribution >= 0.6 is 0 Å². The fraction of sp³-hybridized carbons (Fsp3) is 0.625. The van der Waals surface area contributed by atoms with Crippen molar-refractivity contribution < 1.29 is 0 Å². The first-order valence-corrected chi connectivity index (χ1v) is 7.48. The van der Waals surface area contributed by atoms with E-state index < -0.39 is 0 Å². The second kappa shape index (κ2) is 5.81. The van der Waals surface area contributed by atoms with Gasteiger partial charge in [0.1, 0.15) is 5.82 Å². The van der Waals surface area contributed by atoms with Crippen LogP contribution < -0.4 is 0 Å². The first-order chi connectivity index (χ1) is 9.40. The highest BCUT2D eigenvalue weighted by molar-refractivity contribution is 5.22. The third kappa shape index (κ3) is 2.94. The molecule has 0 radical (unpaired) electrons. The lowest BCUT2D eigenvalue weighted by Gasteiger charge is -2.12. The fourth-order valence-corrected chi connectivity index (χ4v) is 2.75. The fourth-order valence-electron chi connectivity index (χ4n) is 2.75. The standard InChI is InChI=1S/C16H26N4/c1-9(2)14-12(6)19-13(20-14)7-11(5)16-15(10(3)4)17-8-18-16/h8-11H,7H2,1-6H3,(H,17,18)(H,19,20)/t11-/m0/s1. The van der Waals surface area contributed by atoms with Gasteiger partial charge in [-0.3, -0.25) is 0 Å². The van der Waals surface area contributed by atoms with Crippen LogP contribution in [0.3, 0.4) is 0 Å². The highest BCUT2D eigenvalue weighted by Gasteiger charge is 2.18. The Morgan fingerprint density at radius 1 is 1.05 bits per heavy atom. The summed E-state index contributed by atoms with van der Waals surface area (Å²) < 4.78 is 0. The summed E-state index contributed by atoms with van der Waals surface area (Å²) in [6.45, 7) is 13.1. The Morgan fingerprint density at radius 3 is 2.25 bits per heavy atom. The minimum absolute atomic E-state index is 0.365. The average Bonchev–Trinajstić information content (AvgIpc) is 2.95. The summed E-state index contributed by atoms with van der Waals surface area (Å²) in [4.78, 5) is 15.9. The highest BCUT2D eigenvalue weighted by Crippen LogP contribution is 2.26. The quantitative estimate of drug-likeness (QED) is 0.864. The van der Waals surface area contributed by atoms with Gasteiger partial charge >= 0.3 is 0 Å². The van der Waals surface area contributed by atoms with Crippen LogP contribution in [0.5, 0.6) is 0 Å². The van der Waals surface area contributed by atoms with E-state index in [1.807, 2.05) is 0 Å². The maximum absolute atomic E-state index is 4.66. The number of nitrogens with zero attached hydrogens (tertiary/aromatic N) is 2. The number of nitrogens with one attached hydrogen (secondary N) is 2. The predicted octanol–water partition coefficient (Wildman–Crippen LogP) is 4.03. The van der Waals surface area contributed by atoms with Crippen LogP contribution in [0.2, 0.25) is 0 Å². The van der Waals surface area contributed by atoms with Gasteiger partial charge in [-0.05, 0) is 18.8 Å². The molecule has 0 saturated heterocycles. The van der Waals surface area contributed by atoms with E-state index >= 15 is 0 Å². The smallest absolute Gasteiger partial charge is 0.107 e. The molecule has 0 amide bonds. The molecule has 4 heteroatoms. The lowest BCUT2D eigenvalue weighted by atomic mass is 9.97. The summed E-state index contributed by atoms with van der Waals surface area (Å²) in [5.74, 6) is 2.39. The normalized spacial score (nSPS) is 13.4. The molecule has 0 aliphatic carbocycles. The number of H-pyrrole nitrogens is 2. The maximum Gasteiger partial charge on any atom is 0.107 e. The molecular weight excluding hydrogens is 248 g/mol. The molecular formula is C16H26N4. The molecule has 0 unspecified atom stereocenters. The summed E-state index contributed by atoms with van der Waals surface area (Å²) in [5, 5.41) is 0. The summed E-state index contributed by atoms with van der Waals surface area (Å²) >= 11 is 0. The molecule has 2 aromatic heterocycles. The Balaban J connectivity index is 2.17. The third-order valence-electron chi connectivity index (χ3n) is 3.79. The zero-order chi connectivity index (χ0) is 14.9. The first kappa shape index (κ1) is 14.8. The molecule has 2 aromatic rings. The van der Waals surface area contributed by atoms with E-state index in [0.29, 0.717) is 17.8 Å². The summed E-state index contributed by atoms with van der Waals surface area (Å²) in [6.07, 6.45) is 2.70. The SMILES string of the molecule is Cc1nc(C[C@H](C)c2nc[nH]c2C(C)C)[nH]c1C(C)C. The molecule has 4 nitrogen and oxygen atoms in total. The van der Waals surface area contributed by atoms with Gasteiger partial charge in [0.25, 0.3) is 0 Å². The Morgan fingerprint density at radius 2 is 1.70 bits per heavy atom. The van der Waals surface area contributed by atoms with Crippen LogP contribution in [0, 0.1) is 6.92 Å². The molecule has 110 valence electrons. The van der Waals surface area contributed by atoms with Crippen molar-refractivity contribution in [3.63, 3.8) is 0 Å². The zero-order valence-electron chi connectivity index (χ0n) is 13.4. The molecule has 0 aromatic carbocycles. The first-order valence-electron chi connectivity index (χ1n) is 7.48. The van der Waals surface area contributed by atoms with E-state index in [1.54, 1.807) is 6.33 Å². The van der Waals surface area contributed by atoms with Crippen molar-refractivity contribution in [2.75, 3.05) is 0 Å². The van der Waals surface area contributed by atoms with Gasteiger partial charge in [0.2, 0.25) is 0 Å². The maximum atomic E-state index is 4.66. The van der Waals surface area contributed by atoms with Crippen molar-refractivity contribution in [1.29, 1.82) is 0 Å². The van der Waals surface area contributed by atoms with Crippen LogP contribution in [0.1, 0.15) is 81.0 Å². The van der Waals surface area contributed by atoms with Gasteiger partial charge in [-0.25, -0.2) is 9.97 Å². The molecule has 0 aliphatic rings. The number of rotatable bonds is 5. The molecule has 0 bridgehead atoms. The number of aryl methyl sites for hydroxylation is 1. The van der Waals surface area contributed by atoms with Gasteiger partial charge in [-0.1, -0.05) is 34.6 Å². The third-order valence-corrected chi connectivity index (χ3v) is 3.79. The van der Waals surface area contributed by atoms with Crippen molar-refractivity contribution in [1.82, 2.24) is 19.9 Å². The Labute approximate surface area is 121 Å². The van der Waals surface area contributed by atoms with Gasteiger partial charge in [0, 0.05) is 23.7 Å². The number of aromatic nitrogens is 4. The monoisotopic (exact) mass is 274 g/mol. The van der Waals surface area contributed by atoms with E-state index in [1.165, 1.54) is 17.1 Å². The number of imidazole rings is 2. The van der Waals surface area contributed by atoms with E-state index in [2.05, 4.69) is 61.5 Å². The topological polar surface area (TPSA) is 57.4 Å². The van der Waals surface area contributed by atoms with Crippen LogP contribution in [-0.2, 0) is 6.42 Å². The van der Waals surface area contributed by atoms with Crippen molar-refractivity contribution >= 4 is 0 Å². The van der Waals surface area contributed by atoms with Gasteiger partial charge in [0.15, 0.2) is 0 Å². The van der Waals surface area contributed by atoms with Gasteiger partial charge in [0.05, 0.1) is 17.7 Å². The van der Waals surface area contributed by atoms with Crippen LogP contribution in [-0.4, -0.2) is 19.9 Å². The molecule has 1 atom stereocenters. The van der Waals surface area contributed by atoms with E-state index in [-0.39, 0.29) is 0 Å². The lowest BCUT2D eigenvalue weighted by Crippen LogP contribution is -2.05. The molecule has 0 aliphatic heterocycles. The lowest BCUT2D eigenvalue weighted by molar-refractivity contribution is 0.679. The van der Waals surface area contributed by atoms with E-state index in [0.717, 1.165) is 17.9 Å². The molecule has 2 N–H and O–H groups in total. The van der Waals surface area contributed by atoms with Gasteiger partial charge < -0.3 is 9.97 Å². The molecule has 20 heavy (non-hydrogen) atoms. The number of hydrogen-bond donors (Lipinski definition) is 2. The Kier molecular flexibility index (Phi) is 4.31. The zero-order valence-corrected chi connectivity index (χ0v) is 13.4. The van der Waals surface area contributed by atoms with E-state index in [9.17, 15) is 0 Å². The second-order valence-electron chi connectivity index (χ2n) is 6.30. The molecule has 0 saturated carbocycles. The molecule has 2 heterocycles. The van der Waals surface area contributed by atoms with Crippen molar-refractivity contribution in [3.8, 4) is 0 Å². The Bertz CT molecular complexity index is 563. The van der Waals surface area contributed by atoms with Crippen molar-refractivity contribution in [3.05, 3.63) is 34.9 Å². The summed E-state index contributed by atoms with van der Waals surface area (Å²) in [5.41, 5.74) is 4.77. The van der Waals surface area contributed by atoms with Gasteiger partial charge in [-0.2, -0.15) is 0 Å². The molecule has 0 spiro atoms. The van der Waals surface area contributed by atoms with Gasteiger partial charge in [-0.15, -0.1) is 0 Å². The van der Waals surface area contributed by atoms with Crippen molar-refractivity contribution in [2.45, 2.75) is 65.7 Å². The van der Waals surface area contributed by atoms with Crippen LogP contribution in [0.15, 0.2) is 6.33 Å². The minimum atomic E-state index is 0.365. The Hall–Kier alpha value is -1.58. The van der Waals surface area contributed by atoms with Crippen LogP contribution in [0.4, 0.5) is 0 Å². The largest absolute Gasteiger partial charge is 0.348 e.